The molecule has 16 heavy (non-hydrogen) atoms. The molecule has 6 heteroatoms. The second-order valence-electron chi connectivity index (χ2n) is 3.06. The van der Waals surface area contributed by atoms with E-state index in [2.05, 4.69) is 15.3 Å². The first-order valence-corrected chi connectivity index (χ1v) is 4.46. The van der Waals surface area contributed by atoms with E-state index in [1.165, 1.54) is 18.2 Å². The molecule has 1 aromatic carbocycles. The molecule has 1 heterocycles. The van der Waals surface area contributed by atoms with Gasteiger partial charge in [-0.05, 0) is 18.2 Å². The molecule has 82 valence electrons. The molecule has 0 saturated heterocycles. The molecule has 2 aromatic rings. The number of halogens is 2. The van der Waals surface area contributed by atoms with Gasteiger partial charge in [-0.25, -0.2) is 13.8 Å². The summed E-state index contributed by atoms with van der Waals surface area (Å²) in [5, 5.41) is 2.61. The predicted octanol–water partition coefficient (Wildman–Crippen LogP) is 2.08. The number of rotatable bonds is 2. The smallest absolute Gasteiger partial charge is 0.222 e. The second kappa shape index (κ2) is 4.09. The zero-order chi connectivity index (χ0) is 11.5. The maximum atomic E-state index is 13.2. The van der Waals surface area contributed by atoms with E-state index in [9.17, 15) is 8.78 Å². The first-order chi connectivity index (χ1) is 7.65. The summed E-state index contributed by atoms with van der Waals surface area (Å²) in [6, 6.07) is 5.59. The van der Waals surface area contributed by atoms with E-state index in [0.717, 1.165) is 6.20 Å². The molecule has 0 radical (unpaired) electrons. The van der Waals surface area contributed by atoms with E-state index in [0.29, 0.717) is 5.69 Å². The summed E-state index contributed by atoms with van der Waals surface area (Å²) >= 11 is 0. The molecule has 2 rings (SSSR count). The molecule has 0 amide bonds. The van der Waals surface area contributed by atoms with Crippen molar-refractivity contribution in [2.45, 2.75) is 0 Å². The van der Waals surface area contributed by atoms with E-state index >= 15 is 0 Å². The Hall–Kier alpha value is -2.24. The van der Waals surface area contributed by atoms with Gasteiger partial charge < -0.3 is 11.1 Å². The summed E-state index contributed by atoms with van der Waals surface area (Å²) in [5.74, 6) is -1.22. The number of nitrogens with one attached hydrogen (secondary N) is 1. The van der Waals surface area contributed by atoms with Crippen molar-refractivity contribution in [2.24, 2.45) is 0 Å². The number of hydrogen-bond donors (Lipinski definition) is 2. The molecule has 0 aliphatic rings. The number of aromatic nitrogens is 2. The Balaban J connectivity index is 2.30. The van der Waals surface area contributed by atoms with Crippen LogP contribution in [0.4, 0.5) is 26.2 Å². The molecule has 0 aliphatic carbocycles. The van der Waals surface area contributed by atoms with Crippen LogP contribution in [0.5, 0.6) is 0 Å². The van der Waals surface area contributed by atoms with Gasteiger partial charge >= 0.3 is 0 Å². The molecule has 1 aromatic heterocycles. The van der Waals surface area contributed by atoms with Gasteiger partial charge in [-0.1, -0.05) is 6.07 Å². The van der Waals surface area contributed by atoms with Crippen molar-refractivity contribution in [1.82, 2.24) is 9.97 Å². The Bertz CT molecular complexity index is 516. The molecule has 3 N–H and O–H groups in total. The second-order valence-corrected chi connectivity index (χ2v) is 3.06. The first kappa shape index (κ1) is 10.3. The largest absolute Gasteiger partial charge is 0.368 e. The van der Waals surface area contributed by atoms with E-state index in [4.69, 9.17) is 5.73 Å². The lowest BCUT2D eigenvalue weighted by Gasteiger charge is -2.06. The van der Waals surface area contributed by atoms with E-state index in [1.54, 1.807) is 6.07 Å². The number of hydrogen-bond acceptors (Lipinski definition) is 4. The van der Waals surface area contributed by atoms with Gasteiger partial charge in [-0.3, -0.25) is 0 Å². The molecule has 0 fully saturated rings. The molecule has 0 spiro atoms. The Morgan fingerprint density at radius 2 is 2.06 bits per heavy atom. The lowest BCUT2D eigenvalue weighted by molar-refractivity contribution is 0.619. The van der Waals surface area contributed by atoms with Crippen molar-refractivity contribution in [3.63, 3.8) is 0 Å². The van der Waals surface area contributed by atoms with Gasteiger partial charge in [0.05, 0.1) is 6.20 Å². The maximum absolute atomic E-state index is 13.2. The zero-order valence-corrected chi connectivity index (χ0v) is 8.11. The van der Waals surface area contributed by atoms with Crippen LogP contribution in [-0.4, -0.2) is 9.97 Å². The van der Waals surface area contributed by atoms with Crippen LogP contribution in [0, 0.1) is 11.6 Å². The summed E-state index contributed by atoms with van der Waals surface area (Å²) in [7, 11) is 0. The Labute approximate surface area is 90.1 Å². The van der Waals surface area contributed by atoms with Crippen LogP contribution >= 0.6 is 0 Å². The summed E-state index contributed by atoms with van der Waals surface area (Å²) < 4.78 is 26.1. The van der Waals surface area contributed by atoms with Crippen LogP contribution in [0.3, 0.4) is 0 Å². The van der Waals surface area contributed by atoms with Crippen LogP contribution < -0.4 is 11.1 Å². The quantitative estimate of drug-likeness (QED) is 0.816. The zero-order valence-electron chi connectivity index (χ0n) is 8.11. The van der Waals surface area contributed by atoms with Crippen LogP contribution in [-0.2, 0) is 0 Å². The van der Waals surface area contributed by atoms with Gasteiger partial charge in [-0.2, -0.15) is 4.98 Å². The Morgan fingerprint density at radius 1 is 1.25 bits per heavy atom. The number of benzene rings is 1. The molecule has 0 aliphatic heterocycles. The lowest BCUT2D eigenvalue weighted by Crippen LogP contribution is -2.02. The highest BCUT2D eigenvalue weighted by atomic mass is 19.1. The topological polar surface area (TPSA) is 63.8 Å². The Morgan fingerprint density at radius 3 is 2.81 bits per heavy atom. The maximum Gasteiger partial charge on any atom is 0.222 e. The van der Waals surface area contributed by atoms with Crippen molar-refractivity contribution >= 4 is 17.5 Å². The van der Waals surface area contributed by atoms with Gasteiger partial charge in [0, 0.05) is 5.69 Å². The number of nitrogens with two attached hydrogens (primary N) is 1. The highest BCUT2D eigenvalue weighted by Gasteiger charge is 2.05. The predicted molar refractivity (Wildman–Crippen MR) is 56.1 cm³/mol. The van der Waals surface area contributed by atoms with Gasteiger partial charge in [0.2, 0.25) is 5.95 Å². The third kappa shape index (κ3) is 2.22. The fraction of sp³-hybridized carbons (Fsp3) is 0. The average molecular weight is 222 g/mol. The van der Waals surface area contributed by atoms with E-state index < -0.39 is 11.6 Å². The SMILES string of the molecule is Nc1ncc(F)c(Nc2cccc(F)c2)n1. The van der Waals surface area contributed by atoms with Crippen molar-refractivity contribution in [3.05, 3.63) is 42.1 Å². The minimum Gasteiger partial charge on any atom is -0.368 e. The van der Waals surface area contributed by atoms with E-state index in [-0.39, 0.29) is 11.8 Å². The molecule has 0 saturated carbocycles. The lowest BCUT2D eigenvalue weighted by atomic mass is 10.3. The Kier molecular flexibility index (Phi) is 2.63. The minimum absolute atomic E-state index is 0.0553. The van der Waals surface area contributed by atoms with Crippen LogP contribution in [0.15, 0.2) is 30.5 Å². The summed E-state index contributed by atoms with van der Waals surface area (Å²) in [4.78, 5) is 7.13. The van der Waals surface area contributed by atoms with Crippen molar-refractivity contribution < 1.29 is 8.78 Å². The standard InChI is InChI=1S/C10H8F2N4/c11-6-2-1-3-7(4-6)15-9-8(12)5-14-10(13)16-9/h1-5H,(H3,13,14,15,16). The first-order valence-electron chi connectivity index (χ1n) is 4.46. The molecular weight excluding hydrogens is 214 g/mol. The summed E-state index contributed by atoms with van der Waals surface area (Å²) in [6.07, 6.45) is 0.948. The minimum atomic E-state index is -0.654. The fourth-order valence-corrected chi connectivity index (χ4v) is 1.17. The monoisotopic (exact) mass is 222 g/mol. The summed E-state index contributed by atoms with van der Waals surface area (Å²) in [6.45, 7) is 0. The van der Waals surface area contributed by atoms with Gasteiger partial charge in [-0.15, -0.1) is 0 Å². The van der Waals surface area contributed by atoms with Crippen LogP contribution in [0.2, 0.25) is 0 Å². The molecule has 0 atom stereocenters. The van der Waals surface area contributed by atoms with Crippen LogP contribution in [0.25, 0.3) is 0 Å². The van der Waals surface area contributed by atoms with Crippen molar-refractivity contribution in [3.8, 4) is 0 Å². The van der Waals surface area contributed by atoms with Crippen LogP contribution in [0.1, 0.15) is 0 Å². The third-order valence-electron chi connectivity index (χ3n) is 1.85. The third-order valence-corrected chi connectivity index (χ3v) is 1.85. The number of nitrogen functional groups attached to an aromatic ring is 1. The summed E-state index contributed by atoms with van der Waals surface area (Å²) in [5.41, 5.74) is 5.69. The fourth-order valence-electron chi connectivity index (χ4n) is 1.17. The van der Waals surface area contributed by atoms with Gasteiger partial charge in [0.1, 0.15) is 5.82 Å². The highest BCUT2D eigenvalue weighted by molar-refractivity contribution is 5.56. The average Bonchev–Trinajstić information content (AvgIpc) is 2.24. The highest BCUT2D eigenvalue weighted by Crippen LogP contribution is 2.18. The molecule has 0 bridgehead atoms. The van der Waals surface area contributed by atoms with Gasteiger partial charge in [0.25, 0.3) is 0 Å². The molecule has 0 unspecified atom stereocenters. The molecule has 4 nitrogen and oxygen atoms in total. The van der Waals surface area contributed by atoms with Crippen molar-refractivity contribution in [2.75, 3.05) is 11.1 Å². The number of nitrogens with zero attached hydrogens (tertiary/aromatic N) is 2. The van der Waals surface area contributed by atoms with E-state index in [1.807, 2.05) is 0 Å². The molecular formula is C10H8F2N4. The normalized spacial score (nSPS) is 10.1. The van der Waals surface area contributed by atoms with Gasteiger partial charge in [0.15, 0.2) is 11.6 Å². The van der Waals surface area contributed by atoms with Crippen molar-refractivity contribution in [1.29, 1.82) is 0 Å². The number of anilines is 3.